The van der Waals surface area contributed by atoms with Gasteiger partial charge in [-0.3, -0.25) is 4.79 Å². The lowest BCUT2D eigenvalue weighted by atomic mass is 10.2. The standard InChI is InChI=1S/C9H9N3O2/c10-6-7(8(11)13)9(14)12-4-2-1-3-5-12/h1-4,14H,5H2,(H2,11,13). The van der Waals surface area contributed by atoms with E-state index in [1.807, 2.05) is 0 Å². The van der Waals surface area contributed by atoms with Gasteiger partial charge in [0.25, 0.3) is 5.91 Å². The molecule has 0 aromatic rings. The van der Waals surface area contributed by atoms with E-state index in [2.05, 4.69) is 0 Å². The zero-order chi connectivity index (χ0) is 10.6. The molecule has 0 aromatic carbocycles. The molecule has 0 unspecified atom stereocenters. The van der Waals surface area contributed by atoms with E-state index in [0.29, 0.717) is 6.54 Å². The van der Waals surface area contributed by atoms with Gasteiger partial charge in [-0.2, -0.15) is 5.26 Å². The number of amides is 1. The number of nitrogens with zero attached hydrogens (tertiary/aromatic N) is 2. The maximum absolute atomic E-state index is 10.7. The number of hydrogen-bond donors (Lipinski definition) is 2. The number of allylic oxidation sites excluding steroid dienone is 2. The van der Waals surface area contributed by atoms with Crippen molar-refractivity contribution in [2.24, 2.45) is 5.73 Å². The summed E-state index contributed by atoms with van der Waals surface area (Å²) >= 11 is 0. The van der Waals surface area contributed by atoms with E-state index >= 15 is 0 Å². The third-order valence-electron chi connectivity index (χ3n) is 1.67. The predicted molar refractivity (Wildman–Crippen MR) is 49.4 cm³/mol. The second-order valence-corrected chi connectivity index (χ2v) is 2.60. The number of carbonyl (C=O) groups is 1. The summed E-state index contributed by atoms with van der Waals surface area (Å²) in [5, 5.41) is 18.1. The molecule has 1 aliphatic heterocycles. The Balaban J connectivity index is 2.97. The predicted octanol–water partition coefficient (Wildman–Crippen LogP) is 0.150. The Morgan fingerprint density at radius 3 is 2.71 bits per heavy atom. The van der Waals surface area contributed by atoms with Crippen LogP contribution in [0.5, 0.6) is 0 Å². The third-order valence-corrected chi connectivity index (χ3v) is 1.67. The normalized spacial score (nSPS) is 16.1. The van der Waals surface area contributed by atoms with Crippen LogP contribution in [0.25, 0.3) is 0 Å². The van der Waals surface area contributed by atoms with Crippen molar-refractivity contribution in [3.63, 3.8) is 0 Å². The molecule has 1 aliphatic rings. The number of carbonyl (C=O) groups excluding carboxylic acids is 1. The quantitative estimate of drug-likeness (QED) is 0.369. The van der Waals surface area contributed by atoms with Gasteiger partial charge in [0.15, 0.2) is 5.57 Å². The van der Waals surface area contributed by atoms with Gasteiger partial charge in [-0.15, -0.1) is 0 Å². The first-order valence-corrected chi connectivity index (χ1v) is 3.90. The molecule has 0 saturated heterocycles. The molecule has 5 heteroatoms. The van der Waals surface area contributed by atoms with Crippen LogP contribution in [0.3, 0.4) is 0 Å². The highest BCUT2D eigenvalue weighted by Gasteiger charge is 2.16. The lowest BCUT2D eigenvalue weighted by Gasteiger charge is -2.19. The molecule has 1 rings (SSSR count). The van der Waals surface area contributed by atoms with Crippen molar-refractivity contribution in [1.29, 1.82) is 5.26 Å². The minimum Gasteiger partial charge on any atom is -0.493 e. The van der Waals surface area contributed by atoms with E-state index in [1.165, 1.54) is 4.90 Å². The number of rotatable bonds is 2. The number of nitrogens with two attached hydrogens (primary N) is 1. The molecule has 0 fully saturated rings. The van der Waals surface area contributed by atoms with Gasteiger partial charge in [0, 0.05) is 12.7 Å². The van der Waals surface area contributed by atoms with Crippen LogP contribution >= 0.6 is 0 Å². The second kappa shape index (κ2) is 4.14. The molecule has 0 atom stereocenters. The molecule has 14 heavy (non-hydrogen) atoms. The number of aliphatic hydroxyl groups excluding tert-OH is 1. The van der Waals surface area contributed by atoms with Gasteiger partial charge in [-0.05, 0) is 6.08 Å². The highest BCUT2D eigenvalue weighted by atomic mass is 16.3. The summed E-state index contributed by atoms with van der Waals surface area (Å²) in [7, 11) is 0. The summed E-state index contributed by atoms with van der Waals surface area (Å²) < 4.78 is 0. The van der Waals surface area contributed by atoms with Crippen molar-refractivity contribution in [3.05, 3.63) is 35.9 Å². The lowest BCUT2D eigenvalue weighted by molar-refractivity contribution is -0.114. The number of nitriles is 1. The maximum Gasteiger partial charge on any atom is 0.264 e. The van der Waals surface area contributed by atoms with Crippen LogP contribution in [0.4, 0.5) is 0 Å². The zero-order valence-corrected chi connectivity index (χ0v) is 7.34. The molecule has 0 bridgehead atoms. The number of hydrogen-bond acceptors (Lipinski definition) is 4. The van der Waals surface area contributed by atoms with Crippen molar-refractivity contribution >= 4 is 5.91 Å². The maximum atomic E-state index is 10.7. The molecule has 1 heterocycles. The topological polar surface area (TPSA) is 90.3 Å². The Morgan fingerprint density at radius 1 is 1.57 bits per heavy atom. The molecule has 72 valence electrons. The molecule has 0 radical (unpaired) electrons. The van der Waals surface area contributed by atoms with Gasteiger partial charge in [0.05, 0.1) is 0 Å². The summed E-state index contributed by atoms with van der Waals surface area (Å²) in [4.78, 5) is 12.1. The van der Waals surface area contributed by atoms with Gasteiger partial charge in [0.2, 0.25) is 5.88 Å². The highest BCUT2D eigenvalue weighted by molar-refractivity contribution is 5.96. The summed E-state index contributed by atoms with van der Waals surface area (Å²) in [5.41, 5.74) is 4.47. The van der Waals surface area contributed by atoms with E-state index in [9.17, 15) is 9.90 Å². The Bertz CT molecular complexity index is 374. The van der Waals surface area contributed by atoms with Crippen LogP contribution in [-0.4, -0.2) is 22.5 Å². The van der Waals surface area contributed by atoms with Crippen LogP contribution in [0.2, 0.25) is 0 Å². The fourth-order valence-corrected chi connectivity index (χ4v) is 0.983. The lowest BCUT2D eigenvalue weighted by Crippen LogP contribution is -2.24. The monoisotopic (exact) mass is 191 g/mol. The SMILES string of the molecule is N#CC(C(N)=O)=C(O)N1C=CC=CC1. The van der Waals surface area contributed by atoms with Crippen LogP contribution in [0.15, 0.2) is 35.9 Å². The highest BCUT2D eigenvalue weighted by Crippen LogP contribution is 2.10. The van der Waals surface area contributed by atoms with E-state index in [-0.39, 0.29) is 0 Å². The van der Waals surface area contributed by atoms with Crippen molar-refractivity contribution < 1.29 is 9.90 Å². The molecule has 0 saturated carbocycles. The number of aliphatic hydroxyl groups is 1. The number of primary amides is 1. The molecule has 0 spiro atoms. The molecular weight excluding hydrogens is 182 g/mol. The fourth-order valence-electron chi connectivity index (χ4n) is 0.983. The summed E-state index contributed by atoms with van der Waals surface area (Å²) in [6.45, 7) is 0.404. The summed E-state index contributed by atoms with van der Waals surface area (Å²) in [6, 6.07) is 1.55. The first-order valence-electron chi connectivity index (χ1n) is 3.90. The van der Waals surface area contributed by atoms with Gasteiger partial charge >= 0.3 is 0 Å². The average Bonchev–Trinajstić information content (AvgIpc) is 2.19. The molecule has 0 aromatic heterocycles. The Morgan fingerprint density at radius 2 is 2.29 bits per heavy atom. The molecular formula is C9H9N3O2. The molecule has 5 nitrogen and oxygen atoms in total. The van der Waals surface area contributed by atoms with Crippen LogP contribution in [-0.2, 0) is 4.79 Å². The second-order valence-electron chi connectivity index (χ2n) is 2.60. The van der Waals surface area contributed by atoms with Gasteiger partial charge in [-0.1, -0.05) is 12.2 Å². The smallest absolute Gasteiger partial charge is 0.264 e. The Labute approximate surface area is 81.0 Å². The molecule has 3 N–H and O–H groups in total. The first kappa shape index (κ1) is 9.86. The van der Waals surface area contributed by atoms with E-state index in [1.54, 1.807) is 30.5 Å². The third kappa shape index (κ3) is 1.93. The first-order chi connectivity index (χ1) is 6.66. The molecule has 0 aliphatic carbocycles. The van der Waals surface area contributed by atoms with Gasteiger partial charge in [-0.25, -0.2) is 0 Å². The van der Waals surface area contributed by atoms with Crippen molar-refractivity contribution in [2.45, 2.75) is 0 Å². The zero-order valence-electron chi connectivity index (χ0n) is 7.34. The average molecular weight is 191 g/mol. The van der Waals surface area contributed by atoms with Crippen LogP contribution in [0.1, 0.15) is 0 Å². The molecule has 1 amide bonds. The van der Waals surface area contributed by atoms with Crippen molar-refractivity contribution in [3.8, 4) is 6.07 Å². The van der Waals surface area contributed by atoms with E-state index in [4.69, 9.17) is 11.0 Å². The minimum atomic E-state index is -0.937. The van der Waals surface area contributed by atoms with E-state index in [0.717, 1.165) is 0 Å². The summed E-state index contributed by atoms with van der Waals surface area (Å²) in [6.07, 6.45) is 6.79. The van der Waals surface area contributed by atoms with Gasteiger partial charge in [0.1, 0.15) is 6.07 Å². The Kier molecular flexibility index (Phi) is 2.92. The van der Waals surface area contributed by atoms with E-state index < -0.39 is 17.4 Å². The largest absolute Gasteiger partial charge is 0.493 e. The fraction of sp³-hybridized carbons (Fsp3) is 0.111. The van der Waals surface area contributed by atoms with Gasteiger partial charge < -0.3 is 15.7 Å². The summed E-state index contributed by atoms with van der Waals surface area (Å²) in [5.74, 6) is -1.35. The minimum absolute atomic E-state index is 0.404. The van der Waals surface area contributed by atoms with Crippen LogP contribution < -0.4 is 5.73 Å². The Hall–Kier alpha value is -2.22. The van der Waals surface area contributed by atoms with Crippen molar-refractivity contribution in [2.75, 3.05) is 6.54 Å². The van der Waals surface area contributed by atoms with Crippen molar-refractivity contribution in [1.82, 2.24) is 4.90 Å². The van der Waals surface area contributed by atoms with Crippen LogP contribution in [0, 0.1) is 11.3 Å².